The van der Waals surface area contributed by atoms with Gasteiger partial charge in [0.15, 0.2) is 0 Å². The number of carbonyl (C=O) groups excluding carboxylic acids is 1. The number of hydrogen-bond acceptors (Lipinski definition) is 3. The van der Waals surface area contributed by atoms with Gasteiger partial charge in [-0.15, -0.1) is 0 Å². The number of rotatable bonds is 6. The zero-order valence-corrected chi connectivity index (χ0v) is 10.8. The summed E-state index contributed by atoms with van der Waals surface area (Å²) in [6, 6.07) is 8.47. The van der Waals surface area contributed by atoms with Crippen molar-refractivity contribution in [2.24, 2.45) is 5.92 Å². The molecule has 3 heteroatoms. The molecule has 0 aliphatic rings. The second kappa shape index (κ2) is 7.07. The van der Waals surface area contributed by atoms with E-state index in [9.17, 15) is 4.79 Å². The molecule has 1 N–H and O–H groups in total. The van der Waals surface area contributed by atoms with Crippen LogP contribution in [0.15, 0.2) is 24.3 Å². The normalized spacial score (nSPS) is 12.2. The second-order valence-corrected chi connectivity index (χ2v) is 4.37. The average molecular weight is 235 g/mol. The van der Waals surface area contributed by atoms with Gasteiger partial charge < -0.3 is 10.1 Å². The average Bonchev–Trinajstić information content (AvgIpc) is 2.33. The van der Waals surface area contributed by atoms with Crippen molar-refractivity contribution in [2.45, 2.75) is 20.3 Å². The molecule has 1 unspecified atom stereocenters. The van der Waals surface area contributed by atoms with E-state index in [0.717, 1.165) is 13.0 Å². The zero-order chi connectivity index (χ0) is 12.7. The molecule has 17 heavy (non-hydrogen) atoms. The lowest BCUT2D eigenvalue weighted by Gasteiger charge is -2.10. The molecule has 0 aliphatic carbocycles. The highest BCUT2D eigenvalue weighted by Gasteiger charge is 2.11. The molecule has 0 fully saturated rings. The summed E-state index contributed by atoms with van der Waals surface area (Å²) in [6.45, 7) is 5.50. The number of esters is 1. The highest BCUT2D eigenvalue weighted by molar-refractivity contribution is 5.71. The minimum absolute atomic E-state index is 0.0856. The van der Waals surface area contributed by atoms with Crippen molar-refractivity contribution < 1.29 is 9.53 Å². The summed E-state index contributed by atoms with van der Waals surface area (Å²) in [5.74, 6) is -0.245. The molecule has 0 radical (unpaired) electrons. The summed E-state index contributed by atoms with van der Waals surface area (Å²) in [4.78, 5) is 11.2. The quantitative estimate of drug-likeness (QED) is 0.605. The Labute approximate surface area is 103 Å². The van der Waals surface area contributed by atoms with Crippen LogP contribution < -0.4 is 5.32 Å². The number of methoxy groups -OCH3 is 1. The molecule has 0 amide bonds. The fourth-order valence-electron chi connectivity index (χ4n) is 1.70. The molecule has 0 saturated carbocycles. The lowest BCUT2D eigenvalue weighted by atomic mass is 10.1. The van der Waals surface area contributed by atoms with Gasteiger partial charge in [0.1, 0.15) is 0 Å². The minimum Gasteiger partial charge on any atom is -0.469 e. The molecule has 1 rings (SSSR count). The lowest BCUT2D eigenvalue weighted by molar-refractivity contribution is -0.144. The van der Waals surface area contributed by atoms with Gasteiger partial charge in [-0.1, -0.05) is 36.8 Å². The van der Waals surface area contributed by atoms with Crippen LogP contribution >= 0.6 is 0 Å². The Kier molecular flexibility index (Phi) is 5.70. The molecule has 1 aromatic rings. The maximum absolute atomic E-state index is 11.2. The summed E-state index contributed by atoms with van der Waals surface area (Å²) < 4.78 is 4.66. The molecule has 1 aromatic carbocycles. The number of ether oxygens (including phenoxy) is 1. The van der Waals surface area contributed by atoms with Crippen molar-refractivity contribution in [1.29, 1.82) is 0 Å². The highest BCUT2D eigenvalue weighted by atomic mass is 16.5. The Balaban J connectivity index is 2.22. The van der Waals surface area contributed by atoms with E-state index in [0.29, 0.717) is 6.54 Å². The maximum Gasteiger partial charge on any atom is 0.309 e. The minimum atomic E-state index is -0.159. The first-order valence-electron chi connectivity index (χ1n) is 5.97. The van der Waals surface area contributed by atoms with Crippen LogP contribution in [0.3, 0.4) is 0 Å². The summed E-state index contributed by atoms with van der Waals surface area (Å²) in [7, 11) is 1.42. The van der Waals surface area contributed by atoms with Crippen LogP contribution in [0.1, 0.15) is 18.1 Å². The molecule has 1 atom stereocenters. The van der Waals surface area contributed by atoms with Crippen LogP contribution in [-0.2, 0) is 16.0 Å². The third-order valence-corrected chi connectivity index (χ3v) is 2.73. The first-order valence-corrected chi connectivity index (χ1v) is 5.97. The highest BCUT2D eigenvalue weighted by Crippen LogP contribution is 2.04. The molecule has 0 saturated heterocycles. The third-order valence-electron chi connectivity index (χ3n) is 2.73. The molecule has 0 aromatic heterocycles. The zero-order valence-electron chi connectivity index (χ0n) is 10.8. The van der Waals surface area contributed by atoms with E-state index in [1.54, 1.807) is 0 Å². The van der Waals surface area contributed by atoms with Crippen molar-refractivity contribution >= 4 is 5.97 Å². The van der Waals surface area contributed by atoms with Crippen LogP contribution in [0.2, 0.25) is 0 Å². The van der Waals surface area contributed by atoms with E-state index < -0.39 is 0 Å². The smallest absolute Gasteiger partial charge is 0.309 e. The standard InChI is InChI=1S/C14H21NO2/c1-11-5-4-6-13(9-11)7-8-15-10-12(2)14(16)17-3/h4-6,9,12,15H,7-8,10H2,1-3H3. The predicted octanol–water partition coefficient (Wildman–Crippen LogP) is 1.94. The SMILES string of the molecule is COC(=O)C(C)CNCCc1cccc(C)c1. The molecule has 0 heterocycles. The second-order valence-electron chi connectivity index (χ2n) is 4.37. The number of hydrogen-bond donors (Lipinski definition) is 1. The molecule has 3 nitrogen and oxygen atoms in total. The molecular formula is C14H21NO2. The van der Waals surface area contributed by atoms with Crippen molar-refractivity contribution in [3.63, 3.8) is 0 Å². The van der Waals surface area contributed by atoms with Gasteiger partial charge in [0.2, 0.25) is 0 Å². The molecule has 0 bridgehead atoms. The Morgan fingerprint density at radius 3 is 2.88 bits per heavy atom. The largest absolute Gasteiger partial charge is 0.469 e. The van der Waals surface area contributed by atoms with Crippen LogP contribution in [0.4, 0.5) is 0 Å². The van der Waals surface area contributed by atoms with Gasteiger partial charge >= 0.3 is 5.97 Å². The van der Waals surface area contributed by atoms with Crippen LogP contribution in [-0.4, -0.2) is 26.2 Å². The number of nitrogens with one attached hydrogen (secondary N) is 1. The van der Waals surface area contributed by atoms with E-state index >= 15 is 0 Å². The van der Waals surface area contributed by atoms with Gasteiger partial charge in [0.25, 0.3) is 0 Å². The third kappa shape index (κ3) is 5.00. The van der Waals surface area contributed by atoms with Crippen molar-refractivity contribution in [3.8, 4) is 0 Å². The van der Waals surface area contributed by atoms with Crippen molar-refractivity contribution in [2.75, 3.05) is 20.2 Å². The number of carbonyl (C=O) groups is 1. The number of benzene rings is 1. The Bertz CT molecular complexity index is 363. The Hall–Kier alpha value is -1.35. The summed E-state index contributed by atoms with van der Waals surface area (Å²) in [6.07, 6.45) is 0.982. The van der Waals surface area contributed by atoms with Crippen molar-refractivity contribution in [3.05, 3.63) is 35.4 Å². The maximum atomic E-state index is 11.2. The first-order chi connectivity index (χ1) is 8.13. The van der Waals surface area contributed by atoms with E-state index in [4.69, 9.17) is 0 Å². The van der Waals surface area contributed by atoms with E-state index in [2.05, 4.69) is 41.2 Å². The number of aryl methyl sites for hydroxylation is 1. The van der Waals surface area contributed by atoms with Gasteiger partial charge in [-0.25, -0.2) is 0 Å². The Morgan fingerprint density at radius 2 is 2.24 bits per heavy atom. The fourth-order valence-corrected chi connectivity index (χ4v) is 1.70. The van der Waals surface area contributed by atoms with Gasteiger partial charge in [-0.3, -0.25) is 4.79 Å². The predicted molar refractivity (Wildman–Crippen MR) is 68.9 cm³/mol. The lowest BCUT2D eigenvalue weighted by Crippen LogP contribution is -2.28. The van der Waals surface area contributed by atoms with Gasteiger partial charge in [0, 0.05) is 6.54 Å². The molecule has 0 spiro atoms. The molecule has 94 valence electrons. The van der Waals surface area contributed by atoms with Crippen LogP contribution in [0.25, 0.3) is 0 Å². The molecular weight excluding hydrogens is 214 g/mol. The summed E-state index contributed by atoms with van der Waals surface area (Å²) >= 11 is 0. The Morgan fingerprint density at radius 1 is 1.47 bits per heavy atom. The van der Waals surface area contributed by atoms with Crippen LogP contribution in [0.5, 0.6) is 0 Å². The van der Waals surface area contributed by atoms with Crippen LogP contribution in [0, 0.1) is 12.8 Å². The van der Waals surface area contributed by atoms with Crippen molar-refractivity contribution in [1.82, 2.24) is 5.32 Å². The van der Waals surface area contributed by atoms with E-state index in [-0.39, 0.29) is 11.9 Å². The first kappa shape index (κ1) is 13.7. The fraction of sp³-hybridized carbons (Fsp3) is 0.500. The summed E-state index contributed by atoms with van der Waals surface area (Å²) in [5.41, 5.74) is 2.61. The van der Waals surface area contributed by atoms with E-state index in [1.807, 2.05) is 6.92 Å². The molecule has 0 aliphatic heterocycles. The van der Waals surface area contributed by atoms with E-state index in [1.165, 1.54) is 18.2 Å². The monoisotopic (exact) mass is 235 g/mol. The topological polar surface area (TPSA) is 38.3 Å². The summed E-state index contributed by atoms with van der Waals surface area (Å²) in [5, 5.41) is 3.27. The van der Waals surface area contributed by atoms with Gasteiger partial charge in [-0.2, -0.15) is 0 Å². The van der Waals surface area contributed by atoms with Gasteiger partial charge in [-0.05, 0) is 25.5 Å². The van der Waals surface area contributed by atoms with Gasteiger partial charge in [0.05, 0.1) is 13.0 Å².